The molecule has 21 heavy (non-hydrogen) atoms. The Morgan fingerprint density at radius 1 is 1.38 bits per heavy atom. The van der Waals surface area contributed by atoms with Crippen molar-refractivity contribution in [3.05, 3.63) is 29.3 Å². The summed E-state index contributed by atoms with van der Waals surface area (Å²) in [6.07, 6.45) is 4.03. The summed E-state index contributed by atoms with van der Waals surface area (Å²) in [4.78, 5) is 0. The Kier molecular flexibility index (Phi) is 5.65. The Morgan fingerprint density at radius 3 is 2.90 bits per heavy atom. The van der Waals surface area contributed by atoms with Crippen LogP contribution in [0.5, 0.6) is 5.75 Å². The van der Waals surface area contributed by atoms with E-state index in [0.29, 0.717) is 6.04 Å². The van der Waals surface area contributed by atoms with Crippen molar-refractivity contribution in [2.75, 3.05) is 19.8 Å². The van der Waals surface area contributed by atoms with E-state index in [4.69, 9.17) is 9.84 Å². The predicted octanol–water partition coefficient (Wildman–Crippen LogP) is 3.46. The lowest BCUT2D eigenvalue weighted by atomic mass is 9.87. The Morgan fingerprint density at radius 2 is 2.19 bits per heavy atom. The highest BCUT2D eigenvalue weighted by molar-refractivity contribution is 5.40. The van der Waals surface area contributed by atoms with E-state index < -0.39 is 0 Å². The van der Waals surface area contributed by atoms with E-state index in [0.717, 1.165) is 44.6 Å². The quantitative estimate of drug-likeness (QED) is 0.770. The van der Waals surface area contributed by atoms with Crippen LogP contribution in [0.4, 0.5) is 0 Å². The fourth-order valence-electron chi connectivity index (χ4n) is 2.97. The van der Waals surface area contributed by atoms with Crippen molar-refractivity contribution in [1.29, 1.82) is 0 Å². The van der Waals surface area contributed by atoms with Crippen LogP contribution in [0, 0.1) is 5.41 Å². The summed E-state index contributed by atoms with van der Waals surface area (Å²) in [5, 5.41) is 12.7. The van der Waals surface area contributed by atoms with Crippen LogP contribution in [-0.2, 0) is 6.42 Å². The van der Waals surface area contributed by atoms with Gasteiger partial charge >= 0.3 is 0 Å². The monoisotopic (exact) mass is 291 g/mol. The van der Waals surface area contributed by atoms with Crippen LogP contribution in [0.2, 0.25) is 0 Å². The van der Waals surface area contributed by atoms with Crippen LogP contribution in [0.15, 0.2) is 18.2 Å². The molecule has 0 aliphatic carbocycles. The van der Waals surface area contributed by atoms with Gasteiger partial charge in [-0.15, -0.1) is 0 Å². The lowest BCUT2D eigenvalue weighted by Crippen LogP contribution is -2.32. The molecule has 0 radical (unpaired) electrons. The molecular formula is C18H29NO2. The van der Waals surface area contributed by atoms with E-state index >= 15 is 0 Å². The minimum Gasteiger partial charge on any atom is -0.493 e. The van der Waals surface area contributed by atoms with E-state index in [2.05, 4.69) is 44.3 Å². The van der Waals surface area contributed by atoms with Gasteiger partial charge in [0.15, 0.2) is 0 Å². The highest BCUT2D eigenvalue weighted by Crippen LogP contribution is 2.30. The Balaban J connectivity index is 1.96. The van der Waals surface area contributed by atoms with Gasteiger partial charge in [-0.1, -0.05) is 32.9 Å². The molecule has 0 saturated heterocycles. The average Bonchev–Trinajstić information content (AvgIpc) is 2.93. The predicted molar refractivity (Wildman–Crippen MR) is 86.8 cm³/mol. The number of benzene rings is 1. The molecular weight excluding hydrogens is 262 g/mol. The summed E-state index contributed by atoms with van der Waals surface area (Å²) in [6.45, 7) is 8.82. The molecule has 1 aliphatic rings. The Hall–Kier alpha value is -1.06. The first-order chi connectivity index (χ1) is 10.1. The zero-order valence-electron chi connectivity index (χ0n) is 13.6. The van der Waals surface area contributed by atoms with Gasteiger partial charge in [0.2, 0.25) is 0 Å². The fourth-order valence-corrected chi connectivity index (χ4v) is 2.97. The molecule has 0 fully saturated rings. The van der Waals surface area contributed by atoms with Gasteiger partial charge in [-0.2, -0.15) is 0 Å². The first-order valence-electron chi connectivity index (χ1n) is 8.15. The third kappa shape index (κ3) is 4.45. The highest BCUT2D eigenvalue weighted by atomic mass is 16.5. The van der Waals surface area contributed by atoms with Gasteiger partial charge in [-0.3, -0.25) is 0 Å². The molecule has 2 rings (SSSR count). The van der Waals surface area contributed by atoms with Crippen molar-refractivity contribution >= 4 is 0 Å². The van der Waals surface area contributed by atoms with Crippen LogP contribution in [0.3, 0.4) is 0 Å². The maximum absolute atomic E-state index is 8.99. The third-order valence-electron chi connectivity index (χ3n) is 4.36. The van der Waals surface area contributed by atoms with Gasteiger partial charge in [0.05, 0.1) is 6.61 Å². The summed E-state index contributed by atoms with van der Waals surface area (Å²) < 4.78 is 5.58. The van der Waals surface area contributed by atoms with Crippen LogP contribution in [0.1, 0.15) is 57.2 Å². The van der Waals surface area contributed by atoms with Gasteiger partial charge < -0.3 is 15.2 Å². The van der Waals surface area contributed by atoms with E-state index in [-0.39, 0.29) is 12.0 Å². The molecule has 0 bridgehead atoms. The summed E-state index contributed by atoms with van der Waals surface area (Å²) in [5.41, 5.74) is 2.92. The lowest BCUT2D eigenvalue weighted by molar-refractivity contribution is 0.231. The van der Waals surface area contributed by atoms with E-state index in [1.807, 2.05) is 0 Å². The number of rotatable bonds is 8. The number of aliphatic hydroxyl groups excluding tert-OH is 1. The van der Waals surface area contributed by atoms with Crippen molar-refractivity contribution in [1.82, 2.24) is 5.32 Å². The summed E-state index contributed by atoms with van der Waals surface area (Å²) in [5.74, 6) is 1.05. The van der Waals surface area contributed by atoms with Crippen molar-refractivity contribution in [3.8, 4) is 5.75 Å². The maximum atomic E-state index is 8.99. The Labute approximate surface area is 128 Å². The number of aliphatic hydroxyl groups is 1. The summed E-state index contributed by atoms with van der Waals surface area (Å²) >= 11 is 0. The molecule has 0 spiro atoms. The molecule has 3 nitrogen and oxygen atoms in total. The van der Waals surface area contributed by atoms with Crippen molar-refractivity contribution in [3.63, 3.8) is 0 Å². The first kappa shape index (κ1) is 16.3. The number of hydrogen-bond acceptors (Lipinski definition) is 3. The molecule has 2 N–H and O–H groups in total. The van der Waals surface area contributed by atoms with Gasteiger partial charge in [-0.05, 0) is 41.9 Å². The summed E-state index contributed by atoms with van der Waals surface area (Å²) in [6, 6.07) is 6.99. The third-order valence-corrected chi connectivity index (χ3v) is 4.36. The van der Waals surface area contributed by atoms with Crippen LogP contribution in [0.25, 0.3) is 0 Å². The van der Waals surface area contributed by atoms with E-state index in [1.54, 1.807) is 0 Å². The molecule has 1 atom stereocenters. The lowest BCUT2D eigenvalue weighted by Gasteiger charge is -2.28. The second kappa shape index (κ2) is 7.28. The van der Waals surface area contributed by atoms with Gasteiger partial charge in [0.25, 0.3) is 0 Å². The molecule has 0 aromatic heterocycles. The molecule has 1 aliphatic heterocycles. The second-order valence-corrected chi connectivity index (χ2v) is 6.80. The van der Waals surface area contributed by atoms with E-state index in [1.165, 1.54) is 11.1 Å². The zero-order chi connectivity index (χ0) is 15.3. The summed E-state index contributed by atoms with van der Waals surface area (Å²) in [7, 11) is 0. The topological polar surface area (TPSA) is 41.5 Å². The minimum absolute atomic E-state index is 0.218. The first-order valence-corrected chi connectivity index (χ1v) is 8.15. The smallest absolute Gasteiger partial charge is 0.122 e. The normalized spacial score (nSPS) is 15.6. The molecule has 3 heteroatoms. The largest absolute Gasteiger partial charge is 0.493 e. The SMILES string of the molecule is CCC(NCC(C)(C)CCCO)c1ccc2c(c1)CCO2. The fraction of sp³-hybridized carbons (Fsp3) is 0.667. The van der Waals surface area contributed by atoms with Crippen molar-refractivity contribution in [2.45, 2.75) is 52.5 Å². The molecule has 0 amide bonds. The average molecular weight is 291 g/mol. The molecule has 0 saturated carbocycles. The maximum Gasteiger partial charge on any atom is 0.122 e. The second-order valence-electron chi connectivity index (χ2n) is 6.80. The standard InChI is InChI=1S/C18H29NO2/c1-4-16(19-13-18(2,3)9-5-10-20)14-6-7-17-15(12-14)8-11-21-17/h6-7,12,16,19-20H,4-5,8-11,13H2,1-3H3. The van der Waals surface area contributed by atoms with Crippen molar-refractivity contribution in [2.24, 2.45) is 5.41 Å². The van der Waals surface area contributed by atoms with Crippen LogP contribution >= 0.6 is 0 Å². The zero-order valence-corrected chi connectivity index (χ0v) is 13.6. The molecule has 1 aromatic rings. The van der Waals surface area contributed by atoms with E-state index in [9.17, 15) is 0 Å². The van der Waals surface area contributed by atoms with Crippen LogP contribution < -0.4 is 10.1 Å². The molecule has 1 aromatic carbocycles. The number of fused-ring (bicyclic) bond motifs is 1. The number of ether oxygens (including phenoxy) is 1. The van der Waals surface area contributed by atoms with Gasteiger partial charge in [0, 0.05) is 25.6 Å². The molecule has 1 unspecified atom stereocenters. The highest BCUT2D eigenvalue weighted by Gasteiger charge is 2.20. The van der Waals surface area contributed by atoms with Crippen molar-refractivity contribution < 1.29 is 9.84 Å². The Bertz CT molecular complexity index is 457. The minimum atomic E-state index is 0.218. The number of hydrogen-bond donors (Lipinski definition) is 2. The molecule has 1 heterocycles. The number of nitrogens with one attached hydrogen (secondary N) is 1. The van der Waals surface area contributed by atoms with Crippen LogP contribution in [-0.4, -0.2) is 24.9 Å². The van der Waals surface area contributed by atoms with Gasteiger partial charge in [0.1, 0.15) is 5.75 Å². The van der Waals surface area contributed by atoms with Gasteiger partial charge in [-0.25, -0.2) is 0 Å². The molecule has 118 valence electrons.